The molecule has 3 rings (SSSR count). The Hall–Kier alpha value is -2.87. The number of hydrogen-bond acceptors (Lipinski definition) is 5. The summed E-state index contributed by atoms with van der Waals surface area (Å²) < 4.78 is 12.0. The van der Waals surface area contributed by atoms with Gasteiger partial charge >= 0.3 is 5.97 Å². The van der Waals surface area contributed by atoms with Crippen molar-refractivity contribution in [3.8, 4) is 5.75 Å². The number of ether oxygens (including phenoxy) is 2. The molecule has 182 valence electrons. The Morgan fingerprint density at radius 1 is 1.15 bits per heavy atom. The fourth-order valence-electron chi connectivity index (χ4n) is 3.66. The highest BCUT2D eigenvalue weighted by Crippen LogP contribution is 2.27. The highest BCUT2D eigenvalue weighted by atomic mass is 79.9. The van der Waals surface area contributed by atoms with Gasteiger partial charge in [-0.25, -0.2) is 0 Å². The van der Waals surface area contributed by atoms with Crippen molar-refractivity contribution in [2.75, 3.05) is 26.3 Å². The van der Waals surface area contributed by atoms with Gasteiger partial charge in [0.2, 0.25) is 5.91 Å². The molecule has 0 aromatic heterocycles. The van der Waals surface area contributed by atoms with Gasteiger partial charge in [-0.15, -0.1) is 0 Å². The molecule has 1 aliphatic heterocycles. The first-order valence-corrected chi connectivity index (χ1v) is 12.3. The molecule has 1 aliphatic rings. The molecule has 0 spiro atoms. The van der Waals surface area contributed by atoms with E-state index in [0.717, 1.165) is 16.5 Å². The number of hydrogen-bond donors (Lipinski definition) is 1. The number of esters is 1. The molecule has 1 heterocycles. The van der Waals surface area contributed by atoms with Crippen LogP contribution in [0.25, 0.3) is 0 Å². The maximum Gasteiger partial charge on any atom is 0.308 e. The Morgan fingerprint density at radius 3 is 2.65 bits per heavy atom. The average Bonchev–Trinajstić information content (AvgIpc) is 2.81. The van der Waals surface area contributed by atoms with Crippen LogP contribution in [0.3, 0.4) is 0 Å². The molecule has 1 saturated heterocycles. The summed E-state index contributed by atoms with van der Waals surface area (Å²) in [6.45, 7) is 5.40. The van der Waals surface area contributed by atoms with E-state index in [2.05, 4.69) is 21.2 Å². The maximum atomic E-state index is 13.5. The van der Waals surface area contributed by atoms with Crippen molar-refractivity contribution in [3.05, 3.63) is 64.1 Å². The van der Waals surface area contributed by atoms with E-state index in [1.165, 1.54) is 4.90 Å². The molecule has 34 heavy (non-hydrogen) atoms. The Balaban J connectivity index is 1.71. The number of amides is 2. The predicted molar refractivity (Wildman–Crippen MR) is 133 cm³/mol. The molecule has 1 fully saturated rings. The molecule has 8 heteroatoms. The van der Waals surface area contributed by atoms with Crippen LogP contribution in [0.2, 0.25) is 0 Å². The summed E-state index contributed by atoms with van der Waals surface area (Å²) in [5.41, 5.74) is 1.48. The van der Waals surface area contributed by atoms with Gasteiger partial charge < -0.3 is 19.7 Å². The highest BCUT2D eigenvalue weighted by molar-refractivity contribution is 9.10. The zero-order chi connectivity index (χ0) is 24.5. The number of rotatable bonds is 10. The minimum Gasteiger partial charge on any atom is -0.492 e. The number of carbonyl (C=O) groups excluding carboxylic acids is 3. The predicted octanol–water partition coefficient (Wildman–Crippen LogP) is 3.99. The lowest BCUT2D eigenvalue weighted by Crippen LogP contribution is -2.57. The SMILES string of the molecule is CC(C)CCOC(=O)CC1C(=O)NCCN1C(=O)c1cc(Br)ccc1OCCc1ccccc1. The zero-order valence-corrected chi connectivity index (χ0v) is 21.2. The quantitative estimate of drug-likeness (QED) is 0.469. The summed E-state index contributed by atoms with van der Waals surface area (Å²) in [6, 6.07) is 14.2. The maximum absolute atomic E-state index is 13.5. The van der Waals surface area contributed by atoms with Crippen LogP contribution in [0.4, 0.5) is 0 Å². The fraction of sp³-hybridized carbons (Fsp3) is 0.423. The third-order valence-electron chi connectivity index (χ3n) is 5.57. The van der Waals surface area contributed by atoms with Gasteiger partial charge in [0, 0.05) is 24.0 Å². The second-order valence-electron chi connectivity index (χ2n) is 8.64. The zero-order valence-electron chi connectivity index (χ0n) is 19.6. The fourth-order valence-corrected chi connectivity index (χ4v) is 4.02. The van der Waals surface area contributed by atoms with Gasteiger partial charge in [-0.1, -0.05) is 60.1 Å². The molecule has 2 aromatic carbocycles. The first-order chi connectivity index (χ1) is 16.3. The van der Waals surface area contributed by atoms with Crippen LogP contribution in [0.15, 0.2) is 53.0 Å². The number of nitrogens with zero attached hydrogens (tertiary/aromatic N) is 1. The molecular weight excluding hydrogens is 500 g/mol. The second-order valence-corrected chi connectivity index (χ2v) is 9.55. The number of carbonyl (C=O) groups is 3. The molecule has 2 aromatic rings. The molecule has 1 N–H and O–H groups in total. The van der Waals surface area contributed by atoms with Crippen LogP contribution in [0.5, 0.6) is 5.75 Å². The lowest BCUT2D eigenvalue weighted by molar-refractivity contribution is -0.148. The van der Waals surface area contributed by atoms with Crippen LogP contribution in [0, 0.1) is 5.92 Å². The lowest BCUT2D eigenvalue weighted by Gasteiger charge is -2.35. The van der Waals surface area contributed by atoms with Gasteiger partial charge in [0.15, 0.2) is 0 Å². The summed E-state index contributed by atoms with van der Waals surface area (Å²) >= 11 is 3.42. The molecule has 0 saturated carbocycles. The van der Waals surface area contributed by atoms with Gasteiger partial charge in [-0.2, -0.15) is 0 Å². The summed E-state index contributed by atoms with van der Waals surface area (Å²) in [6.07, 6.45) is 1.25. The van der Waals surface area contributed by atoms with Crippen molar-refractivity contribution in [2.45, 2.75) is 39.2 Å². The van der Waals surface area contributed by atoms with E-state index in [-0.39, 0.29) is 18.2 Å². The molecule has 1 unspecified atom stereocenters. The number of piperazine rings is 1. The van der Waals surface area contributed by atoms with E-state index < -0.39 is 12.0 Å². The minimum absolute atomic E-state index is 0.187. The van der Waals surface area contributed by atoms with Gasteiger partial charge in [0.1, 0.15) is 11.8 Å². The number of halogens is 1. The highest BCUT2D eigenvalue weighted by Gasteiger charge is 2.36. The molecular formula is C26H31BrN2O5. The van der Waals surface area contributed by atoms with Gasteiger partial charge in [-0.3, -0.25) is 14.4 Å². The summed E-state index contributed by atoms with van der Waals surface area (Å²) in [5, 5.41) is 2.75. The Labute approximate surface area is 208 Å². The van der Waals surface area contributed by atoms with Crippen molar-refractivity contribution in [3.63, 3.8) is 0 Å². The summed E-state index contributed by atoms with van der Waals surface area (Å²) in [7, 11) is 0. The molecule has 0 bridgehead atoms. The summed E-state index contributed by atoms with van der Waals surface area (Å²) in [4.78, 5) is 39.9. The van der Waals surface area contributed by atoms with Crippen LogP contribution in [-0.4, -0.2) is 55.0 Å². The average molecular weight is 531 g/mol. The van der Waals surface area contributed by atoms with Crippen LogP contribution >= 0.6 is 15.9 Å². The smallest absolute Gasteiger partial charge is 0.308 e. The molecule has 0 radical (unpaired) electrons. The van der Waals surface area contributed by atoms with E-state index in [0.29, 0.717) is 50.0 Å². The third kappa shape index (κ3) is 7.32. The van der Waals surface area contributed by atoms with Gasteiger partial charge in [-0.05, 0) is 36.1 Å². The number of benzene rings is 2. The monoisotopic (exact) mass is 530 g/mol. The Morgan fingerprint density at radius 2 is 1.91 bits per heavy atom. The van der Waals surface area contributed by atoms with Crippen molar-refractivity contribution in [1.82, 2.24) is 10.2 Å². The standard InChI is InChI=1S/C26H31BrN2O5/c1-18(2)10-14-34-24(30)17-22-25(31)28-12-13-29(22)26(32)21-16-20(27)8-9-23(21)33-15-11-19-6-4-3-5-7-19/h3-9,16,18,22H,10-15,17H2,1-2H3,(H,28,31). The van der Waals surface area contributed by atoms with E-state index in [4.69, 9.17) is 9.47 Å². The van der Waals surface area contributed by atoms with Crippen molar-refractivity contribution in [1.29, 1.82) is 0 Å². The molecule has 0 aliphatic carbocycles. The van der Waals surface area contributed by atoms with E-state index in [1.807, 2.05) is 44.2 Å². The molecule has 2 amide bonds. The van der Waals surface area contributed by atoms with Crippen molar-refractivity contribution >= 4 is 33.7 Å². The van der Waals surface area contributed by atoms with Crippen LogP contribution < -0.4 is 10.1 Å². The largest absolute Gasteiger partial charge is 0.492 e. The Bertz CT molecular complexity index is 996. The van der Waals surface area contributed by atoms with E-state index >= 15 is 0 Å². The normalized spacial score (nSPS) is 15.7. The number of nitrogens with one attached hydrogen (secondary N) is 1. The molecule has 7 nitrogen and oxygen atoms in total. The van der Waals surface area contributed by atoms with Crippen LogP contribution in [0.1, 0.15) is 42.6 Å². The van der Waals surface area contributed by atoms with Gasteiger partial charge in [0.25, 0.3) is 5.91 Å². The van der Waals surface area contributed by atoms with E-state index in [1.54, 1.807) is 18.2 Å². The first-order valence-electron chi connectivity index (χ1n) is 11.6. The minimum atomic E-state index is -0.927. The third-order valence-corrected chi connectivity index (χ3v) is 6.07. The van der Waals surface area contributed by atoms with Crippen molar-refractivity contribution < 1.29 is 23.9 Å². The first kappa shape index (κ1) is 25.7. The topological polar surface area (TPSA) is 84.9 Å². The van der Waals surface area contributed by atoms with Gasteiger partial charge in [0.05, 0.1) is 25.2 Å². The molecule has 1 atom stereocenters. The Kier molecular flexibility index (Phi) is 9.51. The van der Waals surface area contributed by atoms with Crippen molar-refractivity contribution in [2.24, 2.45) is 5.92 Å². The van der Waals surface area contributed by atoms with Crippen LogP contribution in [-0.2, 0) is 20.7 Å². The summed E-state index contributed by atoms with van der Waals surface area (Å²) in [5.74, 6) is -0.365. The van der Waals surface area contributed by atoms with E-state index in [9.17, 15) is 14.4 Å². The lowest BCUT2D eigenvalue weighted by atomic mass is 10.1. The second kappa shape index (κ2) is 12.6.